The summed E-state index contributed by atoms with van der Waals surface area (Å²) >= 11 is 1.40. The lowest BCUT2D eigenvalue weighted by atomic mass is 10.1. The van der Waals surface area contributed by atoms with Crippen LogP contribution in [-0.4, -0.2) is 20.9 Å². The molecule has 0 unspecified atom stereocenters. The van der Waals surface area contributed by atoms with Crippen molar-refractivity contribution in [3.8, 4) is 11.4 Å². The van der Waals surface area contributed by atoms with E-state index in [0.29, 0.717) is 28.8 Å². The molecule has 4 aromatic rings. The van der Waals surface area contributed by atoms with Crippen LogP contribution < -0.4 is 0 Å². The van der Waals surface area contributed by atoms with Gasteiger partial charge in [-0.15, -0.1) is 11.8 Å². The lowest BCUT2D eigenvalue weighted by Crippen LogP contribution is -1.91. The SMILES string of the molecule is Fc1ccc(SCCc2nc(-c3cncc4ccccc34)no2)cc1F. The Kier molecular flexibility index (Phi) is 4.62. The molecule has 0 amide bonds. The smallest absolute Gasteiger partial charge is 0.227 e. The Hall–Kier alpha value is -2.80. The second kappa shape index (κ2) is 7.21. The summed E-state index contributed by atoms with van der Waals surface area (Å²) in [6, 6.07) is 11.7. The molecule has 130 valence electrons. The van der Waals surface area contributed by atoms with Crippen LogP contribution >= 0.6 is 11.8 Å². The van der Waals surface area contributed by atoms with Crippen molar-refractivity contribution in [2.75, 3.05) is 5.75 Å². The number of nitrogens with zero attached hydrogens (tertiary/aromatic N) is 3. The minimum absolute atomic E-state index is 0.488. The highest BCUT2D eigenvalue weighted by atomic mass is 32.2. The van der Waals surface area contributed by atoms with Gasteiger partial charge >= 0.3 is 0 Å². The average molecular weight is 369 g/mol. The minimum atomic E-state index is -0.849. The third-order valence-electron chi connectivity index (χ3n) is 3.85. The molecule has 0 aliphatic rings. The number of hydrogen-bond acceptors (Lipinski definition) is 5. The van der Waals surface area contributed by atoms with Gasteiger partial charge in [0.15, 0.2) is 11.6 Å². The molecule has 0 spiro atoms. The number of aromatic nitrogens is 3. The van der Waals surface area contributed by atoms with Crippen LogP contribution in [0.4, 0.5) is 8.78 Å². The summed E-state index contributed by atoms with van der Waals surface area (Å²) in [4.78, 5) is 9.31. The molecule has 0 fully saturated rings. The van der Waals surface area contributed by atoms with Crippen molar-refractivity contribution in [1.29, 1.82) is 0 Å². The Morgan fingerprint density at radius 1 is 1.00 bits per heavy atom. The molecule has 4 rings (SSSR count). The Balaban J connectivity index is 1.47. The zero-order valence-corrected chi connectivity index (χ0v) is 14.3. The maximum atomic E-state index is 13.2. The molecule has 0 atom stereocenters. The maximum absolute atomic E-state index is 13.2. The van der Waals surface area contributed by atoms with Gasteiger partial charge in [-0.25, -0.2) is 8.78 Å². The molecule has 0 bridgehead atoms. The van der Waals surface area contributed by atoms with Crippen LogP contribution in [0.15, 0.2) is 64.3 Å². The molecule has 2 aromatic heterocycles. The highest BCUT2D eigenvalue weighted by molar-refractivity contribution is 7.99. The normalized spacial score (nSPS) is 11.2. The third-order valence-corrected chi connectivity index (χ3v) is 4.85. The van der Waals surface area contributed by atoms with Gasteiger partial charge in [-0.1, -0.05) is 29.4 Å². The van der Waals surface area contributed by atoms with Crippen LogP contribution in [0.25, 0.3) is 22.2 Å². The second-order valence-electron chi connectivity index (χ2n) is 5.59. The minimum Gasteiger partial charge on any atom is -0.339 e. The zero-order valence-electron chi connectivity index (χ0n) is 13.5. The molecule has 7 heteroatoms. The van der Waals surface area contributed by atoms with Gasteiger partial charge in [0.05, 0.1) is 0 Å². The number of rotatable bonds is 5. The number of aryl methyl sites for hydroxylation is 1. The third kappa shape index (κ3) is 3.43. The lowest BCUT2D eigenvalue weighted by molar-refractivity contribution is 0.383. The van der Waals surface area contributed by atoms with E-state index in [1.165, 1.54) is 17.8 Å². The van der Waals surface area contributed by atoms with Crippen molar-refractivity contribution in [2.45, 2.75) is 11.3 Å². The summed E-state index contributed by atoms with van der Waals surface area (Å²) in [5.41, 5.74) is 0.811. The van der Waals surface area contributed by atoms with Gasteiger partial charge in [-0.05, 0) is 23.6 Å². The van der Waals surface area contributed by atoms with E-state index >= 15 is 0 Å². The largest absolute Gasteiger partial charge is 0.339 e. The summed E-state index contributed by atoms with van der Waals surface area (Å²) in [7, 11) is 0. The van der Waals surface area contributed by atoms with E-state index in [9.17, 15) is 8.78 Å². The van der Waals surface area contributed by atoms with Crippen molar-refractivity contribution >= 4 is 22.5 Å². The number of benzene rings is 2. The van der Waals surface area contributed by atoms with Crippen LogP contribution in [0.3, 0.4) is 0 Å². The van der Waals surface area contributed by atoms with Crippen LogP contribution in [0.5, 0.6) is 0 Å². The number of halogens is 2. The highest BCUT2D eigenvalue weighted by Gasteiger charge is 2.12. The fourth-order valence-corrected chi connectivity index (χ4v) is 3.45. The second-order valence-corrected chi connectivity index (χ2v) is 6.76. The van der Waals surface area contributed by atoms with E-state index in [0.717, 1.165) is 22.4 Å². The van der Waals surface area contributed by atoms with Gasteiger partial charge < -0.3 is 4.52 Å². The van der Waals surface area contributed by atoms with Gasteiger partial charge in [0.25, 0.3) is 0 Å². The lowest BCUT2D eigenvalue weighted by Gasteiger charge is -2.01. The van der Waals surface area contributed by atoms with Gasteiger partial charge in [-0.3, -0.25) is 4.98 Å². The van der Waals surface area contributed by atoms with Gasteiger partial charge in [0.2, 0.25) is 11.7 Å². The van der Waals surface area contributed by atoms with Gasteiger partial charge in [0.1, 0.15) is 0 Å². The molecule has 0 aliphatic heterocycles. The zero-order chi connectivity index (χ0) is 17.9. The topological polar surface area (TPSA) is 51.8 Å². The number of thioether (sulfide) groups is 1. The summed E-state index contributed by atoms with van der Waals surface area (Å²) in [5, 5.41) is 6.05. The van der Waals surface area contributed by atoms with Crippen molar-refractivity contribution in [1.82, 2.24) is 15.1 Å². The van der Waals surface area contributed by atoms with Crippen molar-refractivity contribution in [3.05, 3.63) is 72.4 Å². The number of fused-ring (bicyclic) bond motifs is 1. The van der Waals surface area contributed by atoms with E-state index in [4.69, 9.17) is 4.52 Å². The summed E-state index contributed by atoms with van der Waals surface area (Å²) < 4.78 is 31.5. The Bertz CT molecular complexity index is 1060. The summed E-state index contributed by atoms with van der Waals surface area (Å²) in [6.07, 6.45) is 4.03. The monoisotopic (exact) mass is 369 g/mol. The standard InChI is InChI=1S/C19H13F2N3OS/c20-16-6-5-13(9-17(16)21)26-8-7-18-23-19(24-25-18)15-11-22-10-12-3-1-2-4-14(12)15/h1-6,9-11H,7-8H2. The van der Waals surface area contributed by atoms with E-state index in [1.54, 1.807) is 18.5 Å². The van der Waals surface area contributed by atoms with E-state index in [1.807, 2.05) is 24.3 Å². The van der Waals surface area contributed by atoms with Crippen LogP contribution in [0.1, 0.15) is 5.89 Å². The molecule has 0 saturated carbocycles. The van der Waals surface area contributed by atoms with Gasteiger partial charge in [-0.2, -0.15) is 4.98 Å². The summed E-state index contributed by atoms with van der Waals surface area (Å²) in [5.74, 6) is -0.108. The molecule has 4 nitrogen and oxygen atoms in total. The van der Waals surface area contributed by atoms with Crippen molar-refractivity contribution in [2.24, 2.45) is 0 Å². The number of hydrogen-bond donors (Lipinski definition) is 0. The first-order valence-corrected chi connectivity index (χ1v) is 8.93. The predicted molar refractivity (Wildman–Crippen MR) is 95.8 cm³/mol. The fourth-order valence-electron chi connectivity index (χ4n) is 2.58. The van der Waals surface area contributed by atoms with Crippen molar-refractivity contribution < 1.29 is 13.3 Å². The Morgan fingerprint density at radius 2 is 1.88 bits per heavy atom. The van der Waals surface area contributed by atoms with E-state index in [-0.39, 0.29) is 0 Å². The first kappa shape index (κ1) is 16.7. The Labute approximate surface area is 152 Å². The van der Waals surface area contributed by atoms with Gasteiger partial charge in [0, 0.05) is 40.4 Å². The molecular weight excluding hydrogens is 356 g/mol. The first-order chi connectivity index (χ1) is 12.7. The molecule has 2 heterocycles. The molecule has 0 aliphatic carbocycles. The van der Waals surface area contributed by atoms with Crippen LogP contribution in [-0.2, 0) is 6.42 Å². The first-order valence-electron chi connectivity index (χ1n) is 7.94. The highest BCUT2D eigenvalue weighted by Crippen LogP contribution is 2.26. The fraction of sp³-hybridized carbons (Fsp3) is 0.105. The van der Waals surface area contributed by atoms with E-state index < -0.39 is 11.6 Å². The predicted octanol–water partition coefficient (Wildman–Crippen LogP) is 4.90. The molecule has 0 N–H and O–H groups in total. The number of pyridine rings is 1. The molecule has 26 heavy (non-hydrogen) atoms. The maximum Gasteiger partial charge on any atom is 0.227 e. The van der Waals surface area contributed by atoms with E-state index in [2.05, 4.69) is 15.1 Å². The molecule has 2 aromatic carbocycles. The molecule has 0 saturated heterocycles. The Morgan fingerprint density at radius 3 is 2.77 bits per heavy atom. The van der Waals surface area contributed by atoms with Crippen LogP contribution in [0, 0.1) is 11.6 Å². The van der Waals surface area contributed by atoms with Crippen molar-refractivity contribution in [3.63, 3.8) is 0 Å². The molecular formula is C19H13F2N3OS. The summed E-state index contributed by atoms with van der Waals surface area (Å²) in [6.45, 7) is 0. The van der Waals surface area contributed by atoms with Crippen LogP contribution in [0.2, 0.25) is 0 Å². The average Bonchev–Trinajstić information content (AvgIpc) is 3.13. The quantitative estimate of drug-likeness (QED) is 0.469. The molecule has 0 radical (unpaired) electrons.